The van der Waals surface area contributed by atoms with Gasteiger partial charge in [-0.25, -0.2) is 0 Å². The Morgan fingerprint density at radius 3 is 2.36 bits per heavy atom. The summed E-state index contributed by atoms with van der Waals surface area (Å²) in [6.07, 6.45) is 2.05. The molecule has 0 unspecified atom stereocenters. The van der Waals surface area contributed by atoms with Crippen molar-refractivity contribution in [1.82, 2.24) is 0 Å². The molecule has 0 spiro atoms. The number of hydrogen-bond donors (Lipinski definition) is 1. The summed E-state index contributed by atoms with van der Waals surface area (Å²) in [6.45, 7) is 1.53. The Balaban J connectivity index is 2.15. The van der Waals surface area contributed by atoms with Crippen LogP contribution >= 0.6 is 0 Å². The Morgan fingerprint density at radius 1 is 1.07 bits per heavy atom. The lowest BCUT2D eigenvalue weighted by Gasteiger charge is -2.05. The van der Waals surface area contributed by atoms with Crippen molar-refractivity contribution in [3.63, 3.8) is 0 Å². The zero-order chi connectivity index (χ0) is 10.2. The van der Waals surface area contributed by atoms with E-state index < -0.39 is 0 Å². The van der Waals surface area contributed by atoms with Gasteiger partial charge < -0.3 is 15.2 Å². The topological polar surface area (TPSA) is 44.5 Å². The van der Waals surface area contributed by atoms with E-state index in [4.69, 9.17) is 15.2 Å². The van der Waals surface area contributed by atoms with Crippen molar-refractivity contribution >= 4 is 5.69 Å². The number of benzene rings is 1. The van der Waals surface area contributed by atoms with Gasteiger partial charge in [-0.2, -0.15) is 0 Å². The van der Waals surface area contributed by atoms with Crippen molar-refractivity contribution in [2.45, 2.75) is 12.8 Å². The normalized spacial score (nSPS) is 10.1. The largest absolute Gasteiger partial charge is 0.494 e. The molecule has 0 saturated heterocycles. The van der Waals surface area contributed by atoms with Gasteiger partial charge in [0.05, 0.1) is 6.61 Å². The highest BCUT2D eigenvalue weighted by atomic mass is 16.5. The standard InChI is InChI=1S/C11H17NO2/c1-13-8-2-3-9-14-11-6-4-10(12)5-7-11/h4-7H,2-3,8-9,12H2,1H3. The highest BCUT2D eigenvalue weighted by molar-refractivity contribution is 5.41. The smallest absolute Gasteiger partial charge is 0.119 e. The number of ether oxygens (including phenoxy) is 2. The predicted octanol–water partition coefficient (Wildman–Crippen LogP) is 2.07. The van der Waals surface area contributed by atoms with E-state index in [1.54, 1.807) is 7.11 Å². The highest BCUT2D eigenvalue weighted by Crippen LogP contribution is 2.13. The Labute approximate surface area is 84.8 Å². The summed E-state index contributed by atoms with van der Waals surface area (Å²) in [7, 11) is 1.71. The van der Waals surface area contributed by atoms with E-state index in [2.05, 4.69) is 0 Å². The molecule has 0 aliphatic rings. The number of hydrogen-bond acceptors (Lipinski definition) is 3. The van der Waals surface area contributed by atoms with Gasteiger partial charge >= 0.3 is 0 Å². The second kappa shape index (κ2) is 6.27. The first kappa shape index (κ1) is 10.9. The van der Waals surface area contributed by atoms with E-state index in [-0.39, 0.29) is 0 Å². The summed E-state index contributed by atoms with van der Waals surface area (Å²) in [5, 5.41) is 0. The predicted molar refractivity (Wildman–Crippen MR) is 57.5 cm³/mol. The van der Waals surface area contributed by atoms with Crippen molar-refractivity contribution < 1.29 is 9.47 Å². The van der Waals surface area contributed by atoms with Crippen LogP contribution in [0.3, 0.4) is 0 Å². The molecule has 0 aromatic heterocycles. The van der Waals surface area contributed by atoms with Gasteiger partial charge in [-0.05, 0) is 37.1 Å². The minimum absolute atomic E-state index is 0.729. The molecule has 0 bridgehead atoms. The van der Waals surface area contributed by atoms with Crippen LogP contribution in [0.4, 0.5) is 5.69 Å². The summed E-state index contributed by atoms with van der Waals surface area (Å²) >= 11 is 0. The molecule has 0 fully saturated rings. The summed E-state index contributed by atoms with van der Waals surface area (Å²) < 4.78 is 10.4. The first-order valence-corrected chi connectivity index (χ1v) is 4.80. The molecule has 3 nitrogen and oxygen atoms in total. The van der Waals surface area contributed by atoms with E-state index in [9.17, 15) is 0 Å². The summed E-state index contributed by atoms with van der Waals surface area (Å²) in [5.41, 5.74) is 6.31. The third-order valence-corrected chi connectivity index (χ3v) is 1.89. The Morgan fingerprint density at radius 2 is 1.71 bits per heavy atom. The molecule has 0 aliphatic heterocycles. The third kappa shape index (κ3) is 4.14. The van der Waals surface area contributed by atoms with E-state index in [0.29, 0.717) is 0 Å². The summed E-state index contributed by atoms with van der Waals surface area (Å²) in [6, 6.07) is 7.44. The summed E-state index contributed by atoms with van der Waals surface area (Å²) in [4.78, 5) is 0. The molecule has 0 saturated carbocycles. The molecule has 0 heterocycles. The first-order valence-electron chi connectivity index (χ1n) is 4.80. The number of nitrogens with two attached hydrogens (primary N) is 1. The summed E-state index contributed by atoms with van der Waals surface area (Å²) in [5.74, 6) is 0.872. The average molecular weight is 195 g/mol. The molecule has 3 heteroatoms. The second-order valence-corrected chi connectivity index (χ2v) is 3.12. The minimum atomic E-state index is 0.729. The molecule has 1 aromatic carbocycles. The van der Waals surface area contributed by atoms with Crippen LogP contribution in [0.5, 0.6) is 5.75 Å². The lowest BCUT2D eigenvalue weighted by atomic mass is 10.3. The third-order valence-electron chi connectivity index (χ3n) is 1.89. The van der Waals surface area contributed by atoms with Gasteiger partial charge in [0.2, 0.25) is 0 Å². The molecule has 0 radical (unpaired) electrons. The van der Waals surface area contributed by atoms with Gasteiger partial charge in [-0.15, -0.1) is 0 Å². The molecule has 1 aromatic rings. The van der Waals surface area contributed by atoms with Crippen LogP contribution < -0.4 is 10.5 Å². The highest BCUT2D eigenvalue weighted by Gasteiger charge is 1.93. The fourth-order valence-corrected chi connectivity index (χ4v) is 1.10. The molecule has 2 N–H and O–H groups in total. The average Bonchev–Trinajstić information content (AvgIpc) is 2.21. The maximum atomic E-state index is 5.55. The molecule has 0 aliphatic carbocycles. The lowest BCUT2D eigenvalue weighted by molar-refractivity contribution is 0.184. The monoisotopic (exact) mass is 195 g/mol. The minimum Gasteiger partial charge on any atom is -0.494 e. The van der Waals surface area contributed by atoms with Crippen molar-refractivity contribution in [2.24, 2.45) is 0 Å². The first-order chi connectivity index (χ1) is 6.83. The lowest BCUT2D eigenvalue weighted by Crippen LogP contribution is -1.99. The van der Waals surface area contributed by atoms with Crippen LogP contribution in [0.25, 0.3) is 0 Å². The number of methoxy groups -OCH3 is 1. The van der Waals surface area contributed by atoms with E-state index in [0.717, 1.165) is 37.5 Å². The van der Waals surface area contributed by atoms with Crippen molar-refractivity contribution in [3.05, 3.63) is 24.3 Å². The molecule has 78 valence electrons. The fraction of sp³-hybridized carbons (Fsp3) is 0.455. The van der Waals surface area contributed by atoms with E-state index >= 15 is 0 Å². The van der Waals surface area contributed by atoms with Crippen LogP contribution in [-0.4, -0.2) is 20.3 Å². The van der Waals surface area contributed by atoms with Gasteiger partial charge in [-0.1, -0.05) is 0 Å². The zero-order valence-electron chi connectivity index (χ0n) is 8.53. The molecule has 0 atom stereocenters. The SMILES string of the molecule is COCCCCOc1ccc(N)cc1. The van der Waals surface area contributed by atoms with E-state index in [1.165, 1.54) is 0 Å². The van der Waals surface area contributed by atoms with Crippen LogP contribution in [0.15, 0.2) is 24.3 Å². The van der Waals surface area contributed by atoms with Crippen LogP contribution in [-0.2, 0) is 4.74 Å². The van der Waals surface area contributed by atoms with Gasteiger partial charge in [0.25, 0.3) is 0 Å². The van der Waals surface area contributed by atoms with Gasteiger partial charge in [-0.3, -0.25) is 0 Å². The van der Waals surface area contributed by atoms with Crippen LogP contribution in [0.1, 0.15) is 12.8 Å². The molecule has 0 amide bonds. The number of anilines is 1. The zero-order valence-corrected chi connectivity index (χ0v) is 8.53. The molecular formula is C11H17NO2. The molecule has 14 heavy (non-hydrogen) atoms. The Hall–Kier alpha value is -1.22. The molecule has 1 rings (SSSR count). The van der Waals surface area contributed by atoms with Gasteiger partial charge in [0.15, 0.2) is 0 Å². The maximum absolute atomic E-state index is 5.55. The van der Waals surface area contributed by atoms with Crippen molar-refractivity contribution in [3.8, 4) is 5.75 Å². The number of rotatable bonds is 6. The van der Waals surface area contributed by atoms with Crippen molar-refractivity contribution in [1.29, 1.82) is 0 Å². The van der Waals surface area contributed by atoms with Crippen LogP contribution in [0, 0.1) is 0 Å². The number of unbranched alkanes of at least 4 members (excludes halogenated alkanes) is 1. The van der Waals surface area contributed by atoms with Crippen molar-refractivity contribution in [2.75, 3.05) is 26.1 Å². The van der Waals surface area contributed by atoms with E-state index in [1.807, 2.05) is 24.3 Å². The van der Waals surface area contributed by atoms with Gasteiger partial charge in [0, 0.05) is 19.4 Å². The van der Waals surface area contributed by atoms with Crippen LogP contribution in [0.2, 0.25) is 0 Å². The Kier molecular flexibility index (Phi) is 4.86. The quantitative estimate of drug-likeness (QED) is 0.558. The van der Waals surface area contributed by atoms with Gasteiger partial charge in [0.1, 0.15) is 5.75 Å². The molecular weight excluding hydrogens is 178 g/mol. The number of nitrogen functional groups attached to an aromatic ring is 1. The fourth-order valence-electron chi connectivity index (χ4n) is 1.10. The second-order valence-electron chi connectivity index (χ2n) is 3.12. The maximum Gasteiger partial charge on any atom is 0.119 e. The Bertz CT molecular complexity index is 246.